The summed E-state index contributed by atoms with van der Waals surface area (Å²) in [5, 5.41) is 5.86. The zero-order valence-corrected chi connectivity index (χ0v) is 17.9. The van der Waals surface area contributed by atoms with Crippen LogP contribution in [0.3, 0.4) is 0 Å². The number of nitrogens with zero attached hydrogens (tertiary/aromatic N) is 2. The molecular formula is C22H22ClFN4O4. The summed E-state index contributed by atoms with van der Waals surface area (Å²) in [7, 11) is 0. The number of hydrogen-bond donors (Lipinski definition) is 2. The standard InChI is InChI=1S/C22H22ClFN4O4/c23-14-3-5-15(6-4-14)25-22(31)28-9-1-2-19(28)21(30)26-18-8-7-16(12-17(18)24)27-10-11-32-13-20(27)29/h3-8,12,19H,1-2,9-11,13H2,(H,25,31)(H,26,30)/t19-/m1/s1. The molecule has 2 aliphatic heterocycles. The molecule has 0 aromatic heterocycles. The largest absolute Gasteiger partial charge is 0.370 e. The van der Waals surface area contributed by atoms with E-state index >= 15 is 0 Å². The number of rotatable bonds is 4. The monoisotopic (exact) mass is 460 g/mol. The molecule has 168 valence electrons. The van der Waals surface area contributed by atoms with Gasteiger partial charge in [0, 0.05) is 29.5 Å². The highest BCUT2D eigenvalue weighted by molar-refractivity contribution is 6.30. The minimum absolute atomic E-state index is 0.00980. The van der Waals surface area contributed by atoms with E-state index in [0.717, 1.165) is 0 Å². The van der Waals surface area contributed by atoms with Crippen molar-refractivity contribution in [1.82, 2.24) is 4.90 Å². The molecule has 4 amide bonds. The number of urea groups is 1. The number of hydrogen-bond acceptors (Lipinski definition) is 4. The van der Waals surface area contributed by atoms with Crippen LogP contribution in [-0.4, -0.2) is 55.1 Å². The highest BCUT2D eigenvalue weighted by Crippen LogP contribution is 2.26. The van der Waals surface area contributed by atoms with Crippen molar-refractivity contribution >= 4 is 46.5 Å². The Labute approximate surface area is 189 Å². The third kappa shape index (κ3) is 4.84. The predicted octanol–water partition coefficient (Wildman–Crippen LogP) is 3.48. The van der Waals surface area contributed by atoms with Crippen molar-refractivity contribution in [3.63, 3.8) is 0 Å². The Kier molecular flexibility index (Phi) is 6.57. The summed E-state index contributed by atoms with van der Waals surface area (Å²) in [6, 6.07) is 9.71. The van der Waals surface area contributed by atoms with Crippen LogP contribution in [0.5, 0.6) is 0 Å². The van der Waals surface area contributed by atoms with E-state index in [4.69, 9.17) is 16.3 Å². The van der Waals surface area contributed by atoms with Gasteiger partial charge >= 0.3 is 6.03 Å². The summed E-state index contributed by atoms with van der Waals surface area (Å²) in [6.07, 6.45) is 1.13. The minimum Gasteiger partial charge on any atom is -0.370 e. The molecule has 32 heavy (non-hydrogen) atoms. The summed E-state index contributed by atoms with van der Waals surface area (Å²) >= 11 is 5.86. The molecule has 0 bridgehead atoms. The number of morpholine rings is 1. The first-order valence-corrected chi connectivity index (χ1v) is 10.6. The lowest BCUT2D eigenvalue weighted by Gasteiger charge is -2.27. The van der Waals surface area contributed by atoms with Gasteiger partial charge in [-0.1, -0.05) is 11.6 Å². The maximum atomic E-state index is 14.7. The second kappa shape index (κ2) is 9.54. The SMILES string of the molecule is O=C(Nc1ccc(N2CCOCC2=O)cc1F)[C@H]1CCCN1C(=O)Nc1ccc(Cl)cc1. The molecule has 2 N–H and O–H groups in total. The molecule has 0 aliphatic carbocycles. The van der Waals surface area contributed by atoms with Gasteiger partial charge in [-0.05, 0) is 55.3 Å². The van der Waals surface area contributed by atoms with Gasteiger partial charge in [-0.2, -0.15) is 0 Å². The molecule has 2 aromatic rings. The number of halogens is 2. The van der Waals surface area contributed by atoms with Crippen LogP contribution in [0.25, 0.3) is 0 Å². The number of anilines is 3. The lowest BCUT2D eigenvalue weighted by molar-refractivity contribution is -0.125. The van der Waals surface area contributed by atoms with Crippen LogP contribution in [0.2, 0.25) is 5.02 Å². The molecule has 10 heteroatoms. The molecule has 0 spiro atoms. The van der Waals surface area contributed by atoms with Crippen LogP contribution in [0.1, 0.15) is 12.8 Å². The first kappa shape index (κ1) is 22.0. The molecule has 0 saturated carbocycles. The number of carbonyl (C=O) groups excluding carboxylic acids is 3. The Morgan fingerprint density at radius 2 is 1.88 bits per heavy atom. The molecular weight excluding hydrogens is 439 g/mol. The fourth-order valence-corrected chi connectivity index (χ4v) is 3.92. The minimum atomic E-state index is -0.720. The van der Waals surface area contributed by atoms with Crippen molar-refractivity contribution in [2.75, 3.05) is 41.8 Å². The van der Waals surface area contributed by atoms with E-state index in [1.807, 2.05) is 0 Å². The van der Waals surface area contributed by atoms with E-state index in [1.165, 1.54) is 21.9 Å². The molecule has 2 aromatic carbocycles. The van der Waals surface area contributed by atoms with E-state index < -0.39 is 23.8 Å². The Hall–Kier alpha value is -3.17. The van der Waals surface area contributed by atoms with Crippen molar-refractivity contribution in [1.29, 1.82) is 0 Å². The Morgan fingerprint density at radius 3 is 2.59 bits per heavy atom. The number of benzene rings is 2. The first-order chi connectivity index (χ1) is 15.4. The van der Waals surface area contributed by atoms with E-state index in [1.54, 1.807) is 30.3 Å². The van der Waals surface area contributed by atoms with Crippen LogP contribution in [-0.2, 0) is 14.3 Å². The molecule has 2 saturated heterocycles. The number of likely N-dealkylation sites (tertiary alicyclic amines) is 1. The molecule has 4 rings (SSSR count). The van der Waals surface area contributed by atoms with Gasteiger partial charge in [0.2, 0.25) is 5.91 Å². The van der Waals surface area contributed by atoms with Gasteiger partial charge < -0.3 is 25.2 Å². The van der Waals surface area contributed by atoms with Gasteiger partial charge in [0.25, 0.3) is 5.91 Å². The van der Waals surface area contributed by atoms with Gasteiger partial charge in [0.15, 0.2) is 0 Å². The van der Waals surface area contributed by atoms with E-state index in [0.29, 0.717) is 48.9 Å². The predicted molar refractivity (Wildman–Crippen MR) is 118 cm³/mol. The summed E-state index contributed by atoms with van der Waals surface area (Å²) in [5.41, 5.74) is 0.952. The van der Waals surface area contributed by atoms with Gasteiger partial charge in [-0.15, -0.1) is 0 Å². The first-order valence-electron chi connectivity index (χ1n) is 10.2. The lowest BCUT2D eigenvalue weighted by atomic mass is 10.2. The maximum Gasteiger partial charge on any atom is 0.322 e. The van der Waals surface area contributed by atoms with Gasteiger partial charge in [-0.25, -0.2) is 9.18 Å². The Morgan fingerprint density at radius 1 is 1.09 bits per heavy atom. The van der Waals surface area contributed by atoms with Crippen LogP contribution in [0.4, 0.5) is 26.2 Å². The molecule has 0 unspecified atom stereocenters. The third-order valence-corrected chi connectivity index (χ3v) is 5.67. The van der Waals surface area contributed by atoms with E-state index in [9.17, 15) is 18.8 Å². The van der Waals surface area contributed by atoms with E-state index in [2.05, 4.69) is 10.6 Å². The van der Waals surface area contributed by atoms with Crippen LogP contribution < -0.4 is 15.5 Å². The third-order valence-electron chi connectivity index (χ3n) is 5.42. The molecule has 8 nitrogen and oxygen atoms in total. The van der Waals surface area contributed by atoms with Crippen LogP contribution in [0, 0.1) is 5.82 Å². The van der Waals surface area contributed by atoms with Crippen molar-refractivity contribution < 1.29 is 23.5 Å². The van der Waals surface area contributed by atoms with Crippen molar-refractivity contribution in [3.05, 3.63) is 53.3 Å². The van der Waals surface area contributed by atoms with Crippen molar-refractivity contribution in [2.24, 2.45) is 0 Å². The zero-order chi connectivity index (χ0) is 22.7. The summed E-state index contributed by atoms with van der Waals surface area (Å²) in [4.78, 5) is 40.3. The Bertz CT molecular complexity index is 1030. The van der Waals surface area contributed by atoms with Gasteiger partial charge in [0.05, 0.1) is 12.3 Å². The number of carbonyl (C=O) groups is 3. The average molecular weight is 461 g/mol. The normalized spacial score (nSPS) is 18.6. The summed E-state index contributed by atoms with van der Waals surface area (Å²) < 4.78 is 19.8. The van der Waals surface area contributed by atoms with Crippen molar-refractivity contribution in [3.8, 4) is 0 Å². The summed E-state index contributed by atoms with van der Waals surface area (Å²) in [6.45, 7) is 1.08. The van der Waals surface area contributed by atoms with Crippen molar-refractivity contribution in [2.45, 2.75) is 18.9 Å². The second-order valence-electron chi connectivity index (χ2n) is 7.54. The highest BCUT2D eigenvalue weighted by atomic mass is 35.5. The molecule has 1 atom stereocenters. The molecule has 2 heterocycles. The molecule has 2 fully saturated rings. The number of nitrogens with one attached hydrogen (secondary N) is 2. The fraction of sp³-hybridized carbons (Fsp3) is 0.318. The quantitative estimate of drug-likeness (QED) is 0.730. The van der Waals surface area contributed by atoms with Gasteiger partial charge in [0.1, 0.15) is 18.5 Å². The average Bonchev–Trinajstić information content (AvgIpc) is 3.27. The summed E-state index contributed by atoms with van der Waals surface area (Å²) in [5.74, 6) is -1.38. The van der Waals surface area contributed by atoms with Crippen LogP contribution >= 0.6 is 11.6 Å². The molecule has 2 aliphatic rings. The van der Waals surface area contributed by atoms with E-state index in [-0.39, 0.29) is 18.2 Å². The second-order valence-corrected chi connectivity index (χ2v) is 7.98. The number of amides is 4. The lowest BCUT2D eigenvalue weighted by Crippen LogP contribution is -2.45. The molecule has 0 radical (unpaired) electrons. The Balaban J connectivity index is 1.41. The maximum absolute atomic E-state index is 14.7. The topological polar surface area (TPSA) is 91.0 Å². The highest BCUT2D eigenvalue weighted by Gasteiger charge is 2.34. The number of ether oxygens (including phenoxy) is 1. The zero-order valence-electron chi connectivity index (χ0n) is 17.1. The smallest absolute Gasteiger partial charge is 0.322 e. The van der Waals surface area contributed by atoms with Crippen LogP contribution in [0.15, 0.2) is 42.5 Å². The van der Waals surface area contributed by atoms with Gasteiger partial charge in [-0.3, -0.25) is 9.59 Å². The fourth-order valence-electron chi connectivity index (χ4n) is 3.79.